The Bertz CT molecular complexity index is 487. The van der Waals surface area contributed by atoms with E-state index in [2.05, 4.69) is 4.74 Å². The van der Waals surface area contributed by atoms with Crippen molar-refractivity contribution in [3.63, 3.8) is 0 Å². The largest absolute Gasteiger partial charge is 0.479 e. The molecule has 0 saturated heterocycles. The predicted octanol–water partition coefficient (Wildman–Crippen LogP) is 2.19. The number of carbonyl (C=O) groups excluding carboxylic acids is 1. The van der Waals surface area contributed by atoms with Gasteiger partial charge in [0.1, 0.15) is 0 Å². The molecule has 1 amide bonds. The summed E-state index contributed by atoms with van der Waals surface area (Å²) in [7, 11) is 1.01. The van der Waals surface area contributed by atoms with Crippen LogP contribution in [0.15, 0.2) is 24.3 Å². The highest BCUT2D eigenvalue weighted by atomic mass is 19.4. The zero-order valence-electron chi connectivity index (χ0n) is 9.69. The van der Waals surface area contributed by atoms with E-state index in [0.717, 1.165) is 19.2 Å². The predicted molar refractivity (Wildman–Crippen MR) is 57.4 cm³/mol. The first kappa shape index (κ1) is 14.8. The minimum absolute atomic E-state index is 0.201. The lowest BCUT2D eigenvalue weighted by Crippen LogP contribution is -2.33. The number of methoxy groups -OCH3 is 1. The van der Waals surface area contributed by atoms with Crippen LogP contribution in [-0.2, 0) is 15.7 Å². The van der Waals surface area contributed by atoms with Crippen molar-refractivity contribution in [1.82, 2.24) is 5.32 Å². The quantitative estimate of drug-likeness (QED) is 0.888. The third-order valence-electron chi connectivity index (χ3n) is 2.24. The van der Waals surface area contributed by atoms with Crippen LogP contribution in [0.25, 0.3) is 0 Å². The summed E-state index contributed by atoms with van der Waals surface area (Å²) < 4.78 is 41.7. The van der Waals surface area contributed by atoms with Gasteiger partial charge >= 0.3 is 18.2 Å². The first-order chi connectivity index (χ1) is 8.75. The van der Waals surface area contributed by atoms with Gasteiger partial charge in [-0.2, -0.15) is 13.2 Å². The van der Waals surface area contributed by atoms with Gasteiger partial charge in [0.2, 0.25) is 0 Å². The fourth-order valence-electron chi connectivity index (χ4n) is 1.36. The summed E-state index contributed by atoms with van der Waals surface area (Å²) in [4.78, 5) is 21.9. The molecule has 8 heteroatoms. The Labute approximate surface area is 106 Å². The maximum absolute atomic E-state index is 12.5. The van der Waals surface area contributed by atoms with Crippen molar-refractivity contribution in [1.29, 1.82) is 0 Å². The summed E-state index contributed by atoms with van der Waals surface area (Å²) in [6.07, 6.45) is -5.64. The van der Waals surface area contributed by atoms with E-state index in [9.17, 15) is 22.8 Å². The molecule has 5 nitrogen and oxygen atoms in total. The number of halogens is 3. The zero-order chi connectivity index (χ0) is 14.6. The fourth-order valence-corrected chi connectivity index (χ4v) is 1.36. The fraction of sp³-hybridized carbons (Fsp3) is 0.273. The molecule has 1 atom stereocenters. The van der Waals surface area contributed by atoms with Crippen LogP contribution in [0.1, 0.15) is 17.2 Å². The van der Waals surface area contributed by atoms with Crippen molar-refractivity contribution in [2.24, 2.45) is 0 Å². The van der Waals surface area contributed by atoms with Gasteiger partial charge in [-0.3, -0.25) is 0 Å². The molecule has 1 unspecified atom stereocenters. The second-order valence-electron chi connectivity index (χ2n) is 3.53. The van der Waals surface area contributed by atoms with Gasteiger partial charge < -0.3 is 15.2 Å². The third kappa shape index (κ3) is 3.87. The van der Waals surface area contributed by atoms with E-state index in [-0.39, 0.29) is 5.56 Å². The molecule has 0 aliphatic rings. The van der Waals surface area contributed by atoms with Crippen LogP contribution in [0.5, 0.6) is 0 Å². The van der Waals surface area contributed by atoms with Gasteiger partial charge in [-0.05, 0) is 17.7 Å². The SMILES string of the molecule is COC(=O)NC(C(=O)O)c1cccc(C(F)(F)F)c1. The molecule has 2 N–H and O–H groups in total. The Morgan fingerprint density at radius 2 is 2.00 bits per heavy atom. The molecule has 0 fully saturated rings. The molecule has 0 aliphatic heterocycles. The molecule has 19 heavy (non-hydrogen) atoms. The van der Waals surface area contributed by atoms with Crippen LogP contribution in [0.3, 0.4) is 0 Å². The van der Waals surface area contributed by atoms with E-state index in [1.54, 1.807) is 0 Å². The summed E-state index contributed by atoms with van der Waals surface area (Å²) in [5.74, 6) is -1.50. The molecular weight excluding hydrogens is 267 g/mol. The average molecular weight is 277 g/mol. The summed E-state index contributed by atoms with van der Waals surface area (Å²) >= 11 is 0. The number of rotatable bonds is 3. The first-order valence-corrected chi connectivity index (χ1v) is 5.00. The number of carboxylic acid groups (broad SMARTS) is 1. The van der Waals surface area contributed by atoms with E-state index in [1.165, 1.54) is 6.07 Å². The smallest absolute Gasteiger partial charge is 0.416 e. The van der Waals surface area contributed by atoms with Crippen LogP contribution in [-0.4, -0.2) is 24.3 Å². The van der Waals surface area contributed by atoms with Crippen LogP contribution in [0.4, 0.5) is 18.0 Å². The van der Waals surface area contributed by atoms with Gasteiger partial charge in [0.05, 0.1) is 12.7 Å². The Hall–Kier alpha value is -2.25. The number of alkyl carbamates (subject to hydrolysis) is 1. The van der Waals surface area contributed by atoms with Crippen LogP contribution >= 0.6 is 0 Å². The first-order valence-electron chi connectivity index (χ1n) is 5.00. The van der Waals surface area contributed by atoms with Crippen LogP contribution < -0.4 is 5.32 Å². The number of carboxylic acids is 1. The van der Waals surface area contributed by atoms with Crippen LogP contribution in [0, 0.1) is 0 Å². The lowest BCUT2D eigenvalue weighted by Gasteiger charge is -2.15. The Morgan fingerprint density at radius 1 is 1.37 bits per heavy atom. The number of ether oxygens (including phenoxy) is 1. The van der Waals surface area contributed by atoms with E-state index in [0.29, 0.717) is 6.07 Å². The third-order valence-corrected chi connectivity index (χ3v) is 2.24. The van der Waals surface area contributed by atoms with Crippen molar-refractivity contribution >= 4 is 12.1 Å². The number of benzene rings is 1. The monoisotopic (exact) mass is 277 g/mol. The lowest BCUT2D eigenvalue weighted by molar-refractivity contribution is -0.140. The molecule has 0 aliphatic carbocycles. The summed E-state index contributed by atoms with van der Waals surface area (Å²) in [6.45, 7) is 0. The maximum Gasteiger partial charge on any atom is 0.416 e. The molecule has 0 saturated carbocycles. The Balaban J connectivity index is 3.10. The van der Waals surface area contributed by atoms with Gasteiger partial charge in [-0.1, -0.05) is 12.1 Å². The minimum Gasteiger partial charge on any atom is -0.479 e. The van der Waals surface area contributed by atoms with Crippen molar-refractivity contribution < 1.29 is 32.6 Å². The molecule has 104 valence electrons. The van der Waals surface area contributed by atoms with E-state index in [1.807, 2.05) is 5.32 Å². The molecule has 1 aromatic rings. The van der Waals surface area contributed by atoms with Crippen molar-refractivity contribution in [2.75, 3.05) is 7.11 Å². The van der Waals surface area contributed by atoms with E-state index in [4.69, 9.17) is 5.11 Å². The summed E-state index contributed by atoms with van der Waals surface area (Å²) in [6, 6.07) is 2.08. The molecular formula is C11H10F3NO4. The second kappa shape index (κ2) is 5.59. The molecule has 1 rings (SSSR count). The number of aliphatic carboxylic acids is 1. The number of carbonyl (C=O) groups is 2. The van der Waals surface area contributed by atoms with Gasteiger partial charge in [-0.15, -0.1) is 0 Å². The zero-order valence-corrected chi connectivity index (χ0v) is 9.69. The minimum atomic E-state index is -4.59. The molecule has 0 spiro atoms. The van der Waals surface area contributed by atoms with E-state index >= 15 is 0 Å². The number of hydrogen-bond donors (Lipinski definition) is 2. The number of alkyl halides is 3. The maximum atomic E-state index is 12.5. The molecule has 0 heterocycles. The summed E-state index contributed by atoms with van der Waals surface area (Å²) in [5, 5.41) is 10.8. The topological polar surface area (TPSA) is 75.6 Å². The van der Waals surface area contributed by atoms with Gasteiger partial charge in [0.15, 0.2) is 6.04 Å². The molecule has 1 aromatic carbocycles. The van der Waals surface area contributed by atoms with Crippen molar-refractivity contribution in [2.45, 2.75) is 12.2 Å². The van der Waals surface area contributed by atoms with E-state index < -0.39 is 29.8 Å². The normalized spacial score (nSPS) is 12.6. The number of amides is 1. The van der Waals surface area contributed by atoms with Gasteiger partial charge in [0, 0.05) is 0 Å². The average Bonchev–Trinajstić information content (AvgIpc) is 2.34. The Kier molecular flexibility index (Phi) is 4.36. The standard InChI is InChI=1S/C11H10F3NO4/c1-19-10(18)15-8(9(16)17)6-3-2-4-7(5-6)11(12,13)14/h2-5,8H,1H3,(H,15,18)(H,16,17). The molecule has 0 aromatic heterocycles. The van der Waals surface area contributed by atoms with Crippen LogP contribution in [0.2, 0.25) is 0 Å². The highest BCUT2D eigenvalue weighted by Crippen LogP contribution is 2.30. The van der Waals surface area contributed by atoms with Crippen molar-refractivity contribution in [3.8, 4) is 0 Å². The Morgan fingerprint density at radius 3 is 2.47 bits per heavy atom. The molecule has 0 bridgehead atoms. The van der Waals surface area contributed by atoms with Crippen molar-refractivity contribution in [3.05, 3.63) is 35.4 Å². The summed E-state index contributed by atoms with van der Waals surface area (Å²) in [5.41, 5.74) is -1.20. The lowest BCUT2D eigenvalue weighted by atomic mass is 10.0. The number of nitrogens with one attached hydrogen (secondary N) is 1. The second-order valence-corrected chi connectivity index (χ2v) is 3.53. The van der Waals surface area contributed by atoms with Gasteiger partial charge in [-0.25, -0.2) is 9.59 Å². The number of hydrogen-bond acceptors (Lipinski definition) is 3. The van der Waals surface area contributed by atoms with Gasteiger partial charge in [0.25, 0.3) is 0 Å². The highest BCUT2D eigenvalue weighted by molar-refractivity contribution is 5.81. The highest BCUT2D eigenvalue weighted by Gasteiger charge is 2.32. The molecule has 0 radical (unpaired) electrons.